The molecule has 1 aromatic heterocycles. The highest BCUT2D eigenvalue weighted by atomic mass is 16.3. The van der Waals surface area contributed by atoms with Gasteiger partial charge in [-0.15, -0.1) is 0 Å². The lowest BCUT2D eigenvalue weighted by Crippen LogP contribution is -2.21. The molecule has 2 aromatic carbocycles. The first-order valence-electron chi connectivity index (χ1n) is 7.51. The van der Waals surface area contributed by atoms with Crippen LogP contribution in [0.4, 0.5) is 0 Å². The van der Waals surface area contributed by atoms with Crippen molar-refractivity contribution in [2.75, 3.05) is 6.54 Å². The van der Waals surface area contributed by atoms with Crippen LogP contribution in [0.15, 0.2) is 60.8 Å². The number of aryl methyl sites for hydroxylation is 1. The van der Waals surface area contributed by atoms with Crippen molar-refractivity contribution in [1.29, 1.82) is 0 Å². The molecule has 0 radical (unpaired) electrons. The first-order chi connectivity index (χ1) is 10.7. The van der Waals surface area contributed by atoms with Crippen molar-refractivity contribution in [3.63, 3.8) is 0 Å². The zero-order chi connectivity index (χ0) is 15.4. The van der Waals surface area contributed by atoms with Gasteiger partial charge in [-0.05, 0) is 41.0 Å². The Bertz CT molecular complexity index is 753. The number of nitrogens with zero attached hydrogens (tertiary/aromatic N) is 1. The topological polar surface area (TPSA) is 45.1 Å². The van der Waals surface area contributed by atoms with E-state index in [2.05, 4.69) is 28.5 Å². The lowest BCUT2D eigenvalue weighted by Gasteiger charge is -2.13. The standard InChI is InChI=1S/C19H20N2O/c1-14-6-9-18(21-11-14)12-20-13-19(22)17-8-7-15-4-2-3-5-16(15)10-17/h2-11,19-20,22H,12-13H2,1H3. The smallest absolute Gasteiger partial charge is 0.0914 e. The first kappa shape index (κ1) is 14.7. The van der Waals surface area contributed by atoms with Gasteiger partial charge < -0.3 is 10.4 Å². The number of hydrogen-bond acceptors (Lipinski definition) is 3. The Labute approximate surface area is 130 Å². The van der Waals surface area contributed by atoms with Gasteiger partial charge in [-0.1, -0.05) is 42.5 Å². The molecule has 3 heteroatoms. The van der Waals surface area contributed by atoms with Gasteiger partial charge in [-0.25, -0.2) is 0 Å². The molecular formula is C19H20N2O. The molecule has 3 nitrogen and oxygen atoms in total. The number of benzene rings is 2. The minimum Gasteiger partial charge on any atom is -0.387 e. The molecule has 0 bridgehead atoms. The minimum atomic E-state index is -0.518. The summed E-state index contributed by atoms with van der Waals surface area (Å²) >= 11 is 0. The van der Waals surface area contributed by atoms with Gasteiger partial charge in [-0.3, -0.25) is 4.98 Å². The zero-order valence-corrected chi connectivity index (χ0v) is 12.7. The second-order valence-corrected chi connectivity index (χ2v) is 5.58. The molecule has 0 aliphatic carbocycles. The average molecular weight is 292 g/mol. The highest BCUT2D eigenvalue weighted by molar-refractivity contribution is 5.83. The lowest BCUT2D eigenvalue weighted by molar-refractivity contribution is 0.174. The Hall–Kier alpha value is -2.23. The Morgan fingerprint density at radius 2 is 1.86 bits per heavy atom. The zero-order valence-electron chi connectivity index (χ0n) is 12.7. The molecule has 0 aliphatic heterocycles. The van der Waals surface area contributed by atoms with E-state index in [-0.39, 0.29) is 0 Å². The molecule has 1 unspecified atom stereocenters. The molecule has 1 atom stereocenters. The van der Waals surface area contributed by atoms with Gasteiger partial charge in [-0.2, -0.15) is 0 Å². The normalized spacial score (nSPS) is 12.5. The molecule has 22 heavy (non-hydrogen) atoms. The van der Waals surface area contributed by atoms with E-state index in [0.29, 0.717) is 13.1 Å². The van der Waals surface area contributed by atoms with Gasteiger partial charge >= 0.3 is 0 Å². The number of aliphatic hydroxyl groups is 1. The molecule has 3 rings (SSSR count). The lowest BCUT2D eigenvalue weighted by atomic mass is 10.0. The van der Waals surface area contributed by atoms with Gasteiger partial charge in [0, 0.05) is 19.3 Å². The summed E-state index contributed by atoms with van der Waals surface area (Å²) in [6.07, 6.45) is 1.34. The van der Waals surface area contributed by atoms with Crippen molar-refractivity contribution in [2.24, 2.45) is 0 Å². The van der Waals surface area contributed by atoms with E-state index >= 15 is 0 Å². The predicted molar refractivity (Wildman–Crippen MR) is 89.6 cm³/mol. The van der Waals surface area contributed by atoms with Crippen LogP contribution in [-0.4, -0.2) is 16.6 Å². The summed E-state index contributed by atoms with van der Waals surface area (Å²) in [7, 11) is 0. The van der Waals surface area contributed by atoms with Gasteiger partial charge in [0.1, 0.15) is 0 Å². The van der Waals surface area contributed by atoms with Crippen molar-refractivity contribution in [3.05, 3.63) is 77.6 Å². The second kappa shape index (κ2) is 6.69. The fourth-order valence-corrected chi connectivity index (χ4v) is 2.47. The molecule has 0 fully saturated rings. The van der Waals surface area contributed by atoms with Crippen LogP contribution in [0.5, 0.6) is 0 Å². The maximum Gasteiger partial charge on any atom is 0.0914 e. The van der Waals surface area contributed by atoms with E-state index < -0.39 is 6.10 Å². The molecule has 112 valence electrons. The highest BCUT2D eigenvalue weighted by Crippen LogP contribution is 2.20. The number of rotatable bonds is 5. The molecule has 2 N–H and O–H groups in total. The molecule has 0 amide bonds. The van der Waals surface area contributed by atoms with Crippen LogP contribution in [0, 0.1) is 6.92 Å². The van der Waals surface area contributed by atoms with Crippen LogP contribution in [0.2, 0.25) is 0 Å². The highest BCUT2D eigenvalue weighted by Gasteiger charge is 2.08. The molecule has 0 spiro atoms. The van der Waals surface area contributed by atoms with E-state index in [1.165, 1.54) is 5.39 Å². The summed E-state index contributed by atoms with van der Waals surface area (Å²) in [6, 6.07) is 18.3. The first-order valence-corrected chi connectivity index (χ1v) is 7.51. The third-order valence-corrected chi connectivity index (χ3v) is 3.77. The van der Waals surface area contributed by atoms with Gasteiger partial charge in [0.15, 0.2) is 0 Å². The Morgan fingerprint density at radius 1 is 1.05 bits per heavy atom. The average Bonchev–Trinajstić information content (AvgIpc) is 2.56. The quantitative estimate of drug-likeness (QED) is 0.758. The van der Waals surface area contributed by atoms with Crippen molar-refractivity contribution in [1.82, 2.24) is 10.3 Å². The van der Waals surface area contributed by atoms with Crippen LogP contribution < -0.4 is 5.32 Å². The second-order valence-electron chi connectivity index (χ2n) is 5.58. The third-order valence-electron chi connectivity index (χ3n) is 3.77. The molecule has 0 saturated carbocycles. The Balaban J connectivity index is 1.60. The van der Waals surface area contributed by atoms with E-state index in [1.54, 1.807) is 0 Å². The van der Waals surface area contributed by atoms with Crippen LogP contribution in [-0.2, 0) is 6.54 Å². The Kier molecular flexibility index (Phi) is 4.47. The van der Waals surface area contributed by atoms with Crippen LogP contribution in [0.25, 0.3) is 10.8 Å². The van der Waals surface area contributed by atoms with E-state index in [9.17, 15) is 5.11 Å². The fourth-order valence-electron chi connectivity index (χ4n) is 2.47. The predicted octanol–water partition coefficient (Wildman–Crippen LogP) is 3.37. The summed E-state index contributed by atoms with van der Waals surface area (Å²) in [6.45, 7) is 3.19. The summed E-state index contributed by atoms with van der Waals surface area (Å²) in [5.41, 5.74) is 3.07. The Morgan fingerprint density at radius 3 is 2.64 bits per heavy atom. The van der Waals surface area contributed by atoms with E-state index in [4.69, 9.17) is 0 Å². The van der Waals surface area contributed by atoms with Crippen LogP contribution >= 0.6 is 0 Å². The number of nitrogens with one attached hydrogen (secondary N) is 1. The molecule has 3 aromatic rings. The van der Waals surface area contributed by atoms with Crippen LogP contribution in [0.3, 0.4) is 0 Å². The van der Waals surface area contributed by atoms with Crippen molar-refractivity contribution in [3.8, 4) is 0 Å². The largest absolute Gasteiger partial charge is 0.387 e. The number of aromatic nitrogens is 1. The van der Waals surface area contributed by atoms with Crippen molar-refractivity contribution < 1.29 is 5.11 Å². The summed E-state index contributed by atoms with van der Waals surface area (Å²) in [5, 5.41) is 15.9. The molecular weight excluding hydrogens is 272 g/mol. The third kappa shape index (κ3) is 3.50. The maximum absolute atomic E-state index is 10.3. The monoisotopic (exact) mass is 292 g/mol. The van der Waals surface area contributed by atoms with Crippen molar-refractivity contribution in [2.45, 2.75) is 19.6 Å². The molecule has 0 aliphatic rings. The maximum atomic E-state index is 10.3. The minimum absolute atomic E-state index is 0.508. The number of fused-ring (bicyclic) bond motifs is 1. The van der Waals surface area contributed by atoms with Gasteiger partial charge in [0.25, 0.3) is 0 Å². The van der Waals surface area contributed by atoms with Gasteiger partial charge in [0.05, 0.1) is 11.8 Å². The van der Waals surface area contributed by atoms with E-state index in [1.807, 2.05) is 49.5 Å². The summed E-state index contributed by atoms with van der Waals surface area (Å²) < 4.78 is 0. The number of hydrogen-bond donors (Lipinski definition) is 2. The number of pyridine rings is 1. The van der Waals surface area contributed by atoms with Gasteiger partial charge in [0.2, 0.25) is 0 Å². The molecule has 1 heterocycles. The van der Waals surface area contributed by atoms with E-state index in [0.717, 1.165) is 22.2 Å². The van der Waals surface area contributed by atoms with Crippen LogP contribution in [0.1, 0.15) is 22.9 Å². The number of aliphatic hydroxyl groups excluding tert-OH is 1. The fraction of sp³-hybridized carbons (Fsp3) is 0.211. The molecule has 0 saturated heterocycles. The summed E-state index contributed by atoms with van der Waals surface area (Å²) in [5.74, 6) is 0. The summed E-state index contributed by atoms with van der Waals surface area (Å²) in [4.78, 5) is 4.34. The van der Waals surface area contributed by atoms with Crippen molar-refractivity contribution >= 4 is 10.8 Å². The SMILES string of the molecule is Cc1ccc(CNCC(O)c2ccc3ccccc3c2)nc1.